The largest absolute Gasteiger partial charge is 0.454 e. The van der Waals surface area contributed by atoms with Gasteiger partial charge < -0.3 is 4.74 Å². The third-order valence-electron chi connectivity index (χ3n) is 2.29. The second-order valence-electron chi connectivity index (χ2n) is 3.68. The predicted molar refractivity (Wildman–Crippen MR) is 68.0 cm³/mol. The number of halogens is 5. The van der Waals surface area contributed by atoms with Gasteiger partial charge in [-0.3, -0.25) is 0 Å². The van der Waals surface area contributed by atoms with Crippen LogP contribution in [0.25, 0.3) is 0 Å². The first-order chi connectivity index (χ1) is 8.88. The molecule has 19 heavy (non-hydrogen) atoms. The number of ether oxygens (including phenoxy) is 1. The molecule has 0 N–H and O–H groups in total. The van der Waals surface area contributed by atoms with Gasteiger partial charge in [0.05, 0.1) is 15.6 Å². The van der Waals surface area contributed by atoms with E-state index in [1.807, 2.05) is 0 Å². The molecule has 2 rings (SSSR count). The summed E-state index contributed by atoms with van der Waals surface area (Å²) in [7, 11) is 0. The number of para-hydroxylation sites is 1. The molecule has 0 saturated heterocycles. The van der Waals surface area contributed by atoms with Crippen molar-refractivity contribution in [2.24, 2.45) is 0 Å². The van der Waals surface area contributed by atoms with Crippen molar-refractivity contribution >= 4 is 23.2 Å². The van der Waals surface area contributed by atoms with Crippen LogP contribution in [0.1, 0.15) is 5.56 Å². The summed E-state index contributed by atoms with van der Waals surface area (Å²) >= 11 is 11.6. The molecule has 0 amide bonds. The standard InChI is InChI=1S/C13H7Cl2F3O/c14-10-6-8(13(16,17)18)7-11(15)12(10)19-9-4-2-1-3-5-9/h1-7H. The highest BCUT2D eigenvalue weighted by molar-refractivity contribution is 6.37. The Morgan fingerprint density at radius 3 is 1.89 bits per heavy atom. The molecule has 0 aromatic heterocycles. The van der Waals surface area contributed by atoms with Crippen LogP contribution in [0, 0.1) is 0 Å². The number of hydrogen-bond donors (Lipinski definition) is 0. The predicted octanol–water partition coefficient (Wildman–Crippen LogP) is 5.80. The number of alkyl halides is 3. The lowest BCUT2D eigenvalue weighted by molar-refractivity contribution is -0.137. The summed E-state index contributed by atoms with van der Waals surface area (Å²) in [4.78, 5) is 0. The molecular formula is C13H7Cl2F3O. The number of hydrogen-bond acceptors (Lipinski definition) is 1. The fourth-order valence-electron chi connectivity index (χ4n) is 1.43. The minimum atomic E-state index is -4.50. The van der Waals surface area contributed by atoms with Gasteiger partial charge in [0.25, 0.3) is 0 Å². The van der Waals surface area contributed by atoms with Crippen molar-refractivity contribution in [1.82, 2.24) is 0 Å². The number of benzene rings is 2. The summed E-state index contributed by atoms with van der Waals surface area (Å²) in [6.45, 7) is 0. The molecule has 0 fully saturated rings. The molecule has 0 aliphatic heterocycles. The van der Waals surface area contributed by atoms with Crippen LogP contribution in [0.4, 0.5) is 13.2 Å². The summed E-state index contributed by atoms with van der Waals surface area (Å²) in [6, 6.07) is 10.1. The molecule has 1 nitrogen and oxygen atoms in total. The quantitative estimate of drug-likeness (QED) is 0.681. The highest BCUT2D eigenvalue weighted by atomic mass is 35.5. The van der Waals surface area contributed by atoms with E-state index in [2.05, 4.69) is 0 Å². The maximum Gasteiger partial charge on any atom is 0.416 e. The van der Waals surface area contributed by atoms with Gasteiger partial charge in [-0.2, -0.15) is 13.2 Å². The Kier molecular flexibility index (Phi) is 3.92. The maximum absolute atomic E-state index is 12.5. The Bertz CT molecular complexity index is 559. The van der Waals surface area contributed by atoms with Crippen molar-refractivity contribution < 1.29 is 17.9 Å². The van der Waals surface area contributed by atoms with E-state index in [0.717, 1.165) is 12.1 Å². The summed E-state index contributed by atoms with van der Waals surface area (Å²) in [5.41, 5.74) is -0.914. The van der Waals surface area contributed by atoms with Gasteiger partial charge in [-0.1, -0.05) is 41.4 Å². The highest BCUT2D eigenvalue weighted by Crippen LogP contribution is 2.41. The monoisotopic (exact) mass is 306 g/mol. The van der Waals surface area contributed by atoms with Gasteiger partial charge in [0, 0.05) is 0 Å². The van der Waals surface area contributed by atoms with Crippen LogP contribution in [-0.2, 0) is 6.18 Å². The van der Waals surface area contributed by atoms with Gasteiger partial charge in [-0.15, -0.1) is 0 Å². The Hall–Kier alpha value is -1.39. The Morgan fingerprint density at radius 2 is 1.42 bits per heavy atom. The van der Waals surface area contributed by atoms with E-state index in [4.69, 9.17) is 27.9 Å². The van der Waals surface area contributed by atoms with Crippen molar-refractivity contribution in [2.75, 3.05) is 0 Å². The van der Waals surface area contributed by atoms with E-state index in [9.17, 15) is 13.2 Å². The second-order valence-corrected chi connectivity index (χ2v) is 4.50. The zero-order chi connectivity index (χ0) is 14.0. The molecule has 0 radical (unpaired) electrons. The van der Waals surface area contributed by atoms with Gasteiger partial charge in [0.15, 0.2) is 5.75 Å². The van der Waals surface area contributed by atoms with Crippen LogP contribution >= 0.6 is 23.2 Å². The van der Waals surface area contributed by atoms with Gasteiger partial charge >= 0.3 is 6.18 Å². The normalized spacial score (nSPS) is 11.4. The maximum atomic E-state index is 12.5. The van der Waals surface area contributed by atoms with Gasteiger partial charge in [0.2, 0.25) is 0 Å². The summed E-state index contributed by atoms with van der Waals surface area (Å²) in [5.74, 6) is 0.439. The zero-order valence-corrected chi connectivity index (χ0v) is 10.9. The fourth-order valence-corrected chi connectivity index (χ4v) is 1.99. The molecule has 0 bridgehead atoms. The summed E-state index contributed by atoms with van der Waals surface area (Å²) < 4.78 is 43.0. The van der Waals surface area contributed by atoms with Crippen molar-refractivity contribution in [3.63, 3.8) is 0 Å². The molecule has 2 aromatic carbocycles. The van der Waals surface area contributed by atoms with Crippen molar-refractivity contribution in [3.8, 4) is 11.5 Å². The van der Waals surface area contributed by atoms with Gasteiger partial charge in [-0.05, 0) is 24.3 Å². The van der Waals surface area contributed by atoms with Crippen LogP contribution in [0.15, 0.2) is 42.5 Å². The summed E-state index contributed by atoms with van der Waals surface area (Å²) in [6.07, 6.45) is -4.50. The van der Waals surface area contributed by atoms with Crippen molar-refractivity contribution in [3.05, 3.63) is 58.1 Å². The average Bonchev–Trinajstić information content (AvgIpc) is 2.33. The third-order valence-corrected chi connectivity index (χ3v) is 2.85. The molecule has 2 aromatic rings. The van der Waals surface area contributed by atoms with Gasteiger partial charge in [0.1, 0.15) is 5.75 Å². The minimum Gasteiger partial charge on any atom is -0.454 e. The fraction of sp³-hybridized carbons (Fsp3) is 0.0769. The summed E-state index contributed by atoms with van der Waals surface area (Å²) in [5, 5.41) is -0.382. The van der Waals surface area contributed by atoms with Crippen molar-refractivity contribution in [1.29, 1.82) is 0 Å². The molecule has 6 heteroatoms. The van der Waals surface area contributed by atoms with E-state index < -0.39 is 11.7 Å². The third kappa shape index (κ3) is 3.33. The Balaban J connectivity index is 2.38. The second kappa shape index (κ2) is 5.31. The van der Waals surface area contributed by atoms with E-state index in [0.29, 0.717) is 5.75 Å². The zero-order valence-electron chi connectivity index (χ0n) is 9.34. The van der Waals surface area contributed by atoms with E-state index >= 15 is 0 Å². The molecule has 0 atom stereocenters. The molecule has 0 heterocycles. The molecule has 0 spiro atoms. The first-order valence-corrected chi connectivity index (χ1v) is 5.92. The lowest BCUT2D eigenvalue weighted by Gasteiger charge is -2.13. The molecule has 0 aliphatic rings. The van der Waals surface area contributed by atoms with E-state index in [-0.39, 0.29) is 15.8 Å². The lowest BCUT2D eigenvalue weighted by atomic mass is 10.2. The van der Waals surface area contributed by atoms with Crippen LogP contribution in [0.2, 0.25) is 10.0 Å². The molecule has 0 saturated carbocycles. The first kappa shape index (κ1) is 14.0. The highest BCUT2D eigenvalue weighted by Gasteiger charge is 2.32. The van der Waals surface area contributed by atoms with E-state index in [1.54, 1.807) is 30.3 Å². The van der Waals surface area contributed by atoms with Crippen LogP contribution in [0.3, 0.4) is 0 Å². The smallest absolute Gasteiger partial charge is 0.416 e. The lowest BCUT2D eigenvalue weighted by Crippen LogP contribution is -2.05. The van der Waals surface area contributed by atoms with Crippen LogP contribution < -0.4 is 4.74 Å². The first-order valence-electron chi connectivity index (χ1n) is 5.17. The van der Waals surface area contributed by atoms with E-state index in [1.165, 1.54) is 0 Å². The Labute approximate surface area is 117 Å². The average molecular weight is 307 g/mol. The minimum absolute atomic E-state index is 0.00235. The van der Waals surface area contributed by atoms with Crippen LogP contribution in [-0.4, -0.2) is 0 Å². The molecule has 100 valence electrons. The van der Waals surface area contributed by atoms with Gasteiger partial charge in [-0.25, -0.2) is 0 Å². The topological polar surface area (TPSA) is 9.23 Å². The van der Waals surface area contributed by atoms with Crippen molar-refractivity contribution in [2.45, 2.75) is 6.18 Å². The number of rotatable bonds is 2. The van der Waals surface area contributed by atoms with Crippen LogP contribution in [0.5, 0.6) is 11.5 Å². The SMILES string of the molecule is FC(F)(F)c1cc(Cl)c(Oc2ccccc2)c(Cl)c1. The molecular weight excluding hydrogens is 300 g/mol. The molecule has 0 unspecified atom stereocenters. The Morgan fingerprint density at radius 1 is 0.895 bits per heavy atom. The molecule has 0 aliphatic carbocycles.